The summed E-state index contributed by atoms with van der Waals surface area (Å²) in [5, 5.41) is 4.48. The van der Waals surface area contributed by atoms with Crippen LogP contribution in [0.5, 0.6) is 11.5 Å². The van der Waals surface area contributed by atoms with Crippen LogP contribution in [0.2, 0.25) is 10.0 Å². The summed E-state index contributed by atoms with van der Waals surface area (Å²) in [4.78, 5) is 0. The van der Waals surface area contributed by atoms with Gasteiger partial charge in [0.25, 0.3) is 0 Å². The minimum Gasteiger partial charge on any atom is -0.488 e. The molecule has 0 spiro atoms. The Morgan fingerprint density at radius 2 is 1.96 bits per heavy atom. The lowest BCUT2D eigenvalue weighted by Crippen LogP contribution is -2.41. The molecule has 1 aliphatic rings. The average molecular weight is 380 g/mol. The molecule has 0 radical (unpaired) electrons. The summed E-state index contributed by atoms with van der Waals surface area (Å²) in [6.45, 7) is 7.06. The lowest BCUT2D eigenvalue weighted by Gasteiger charge is -2.38. The number of benzene rings is 2. The normalized spacial score (nSPS) is 19.6. The quantitative estimate of drug-likeness (QED) is 0.680. The Morgan fingerprint density at radius 1 is 1.20 bits per heavy atom. The van der Waals surface area contributed by atoms with Gasteiger partial charge in [0, 0.05) is 18.5 Å². The summed E-state index contributed by atoms with van der Waals surface area (Å²) in [5.41, 5.74) is 1.07. The zero-order valence-electron chi connectivity index (χ0n) is 14.7. The number of halogens is 2. The second-order valence-electron chi connectivity index (χ2n) is 7.04. The van der Waals surface area contributed by atoms with Crippen molar-refractivity contribution < 1.29 is 9.47 Å². The summed E-state index contributed by atoms with van der Waals surface area (Å²) < 4.78 is 12.0. The van der Waals surface area contributed by atoms with Crippen LogP contribution in [-0.2, 0) is 0 Å². The molecule has 134 valence electrons. The number of hydrogen-bond acceptors (Lipinski definition) is 3. The summed E-state index contributed by atoms with van der Waals surface area (Å²) in [6.07, 6.45) is 0.812. The van der Waals surface area contributed by atoms with E-state index in [1.807, 2.05) is 25.1 Å². The molecule has 1 unspecified atom stereocenters. The van der Waals surface area contributed by atoms with Crippen molar-refractivity contribution in [3.8, 4) is 11.5 Å². The molecule has 2 aromatic rings. The maximum Gasteiger partial charge on any atom is 0.147 e. The molecular formula is C20H23Cl2NO2. The number of rotatable bonds is 5. The van der Waals surface area contributed by atoms with Crippen molar-refractivity contribution in [3.05, 3.63) is 58.1 Å². The van der Waals surface area contributed by atoms with Crippen LogP contribution in [0.1, 0.15) is 38.7 Å². The van der Waals surface area contributed by atoms with Gasteiger partial charge in [-0.25, -0.2) is 0 Å². The van der Waals surface area contributed by atoms with E-state index < -0.39 is 0 Å². The second kappa shape index (κ2) is 7.45. The van der Waals surface area contributed by atoms with Crippen molar-refractivity contribution in [2.45, 2.75) is 44.9 Å². The fraction of sp³-hybridized carbons (Fsp3) is 0.400. The Kier molecular flexibility index (Phi) is 5.47. The molecule has 5 heteroatoms. The smallest absolute Gasteiger partial charge is 0.147 e. The van der Waals surface area contributed by atoms with E-state index in [0.717, 1.165) is 18.7 Å². The highest BCUT2D eigenvalue weighted by Gasteiger charge is 2.33. The molecule has 2 aromatic carbocycles. The molecule has 25 heavy (non-hydrogen) atoms. The average Bonchev–Trinajstić information content (AvgIpc) is 2.55. The number of nitrogens with one attached hydrogen (secondary N) is 1. The first-order valence-electron chi connectivity index (χ1n) is 8.47. The Morgan fingerprint density at radius 3 is 2.72 bits per heavy atom. The number of hydrogen-bond donors (Lipinski definition) is 1. The third kappa shape index (κ3) is 4.60. The third-order valence-corrected chi connectivity index (χ3v) is 5.08. The molecule has 0 fully saturated rings. The van der Waals surface area contributed by atoms with Crippen LogP contribution >= 0.6 is 23.2 Å². The molecule has 1 N–H and O–H groups in total. The molecule has 0 saturated heterocycles. The highest BCUT2D eigenvalue weighted by Crippen LogP contribution is 2.40. The van der Waals surface area contributed by atoms with E-state index in [1.165, 1.54) is 5.56 Å². The third-order valence-electron chi connectivity index (χ3n) is 4.34. The van der Waals surface area contributed by atoms with Crippen molar-refractivity contribution in [2.24, 2.45) is 0 Å². The molecule has 3 rings (SSSR count). The fourth-order valence-electron chi connectivity index (χ4n) is 3.24. The highest BCUT2D eigenvalue weighted by atomic mass is 35.5. The molecule has 0 aromatic heterocycles. The number of fused-ring (bicyclic) bond motifs is 1. The van der Waals surface area contributed by atoms with Gasteiger partial charge in [-0.05, 0) is 51.0 Å². The van der Waals surface area contributed by atoms with E-state index in [-0.39, 0.29) is 11.8 Å². The van der Waals surface area contributed by atoms with E-state index in [4.69, 9.17) is 32.7 Å². The fourth-order valence-corrected chi connectivity index (χ4v) is 3.53. The lowest BCUT2D eigenvalue weighted by atomic mass is 9.84. The molecule has 1 heterocycles. The molecule has 0 amide bonds. The largest absolute Gasteiger partial charge is 0.488 e. The van der Waals surface area contributed by atoms with Gasteiger partial charge in [0.15, 0.2) is 0 Å². The van der Waals surface area contributed by atoms with Gasteiger partial charge in [-0.1, -0.05) is 41.4 Å². The van der Waals surface area contributed by atoms with Crippen LogP contribution in [-0.4, -0.2) is 18.4 Å². The summed E-state index contributed by atoms with van der Waals surface area (Å²) in [5.74, 6) is 2.05. The highest BCUT2D eigenvalue weighted by molar-refractivity contribution is 6.42. The second-order valence-corrected chi connectivity index (χ2v) is 7.86. The zero-order chi connectivity index (χ0) is 18.0. The Hall–Kier alpha value is -1.42. The maximum absolute atomic E-state index is 6.09. The van der Waals surface area contributed by atoms with Crippen molar-refractivity contribution in [2.75, 3.05) is 6.54 Å². The molecule has 2 atom stereocenters. The molecular weight excluding hydrogens is 357 g/mol. The van der Waals surface area contributed by atoms with Crippen molar-refractivity contribution >= 4 is 23.2 Å². The van der Waals surface area contributed by atoms with Crippen LogP contribution in [0.15, 0.2) is 42.5 Å². The van der Waals surface area contributed by atoms with Crippen LogP contribution in [0.3, 0.4) is 0 Å². The predicted octanol–water partition coefficient (Wildman–Crippen LogP) is 5.65. The van der Waals surface area contributed by atoms with Gasteiger partial charge in [-0.3, -0.25) is 5.32 Å². The molecule has 3 nitrogen and oxygen atoms in total. The number of para-hydroxylation sites is 1. The van der Waals surface area contributed by atoms with Gasteiger partial charge >= 0.3 is 0 Å². The standard InChI is InChI=1S/C20H23Cl2NO2/c1-13(24-15-8-9-17(21)18(22)10-15)23-12-14-11-20(2,3)25-19-7-5-4-6-16(14)19/h4-10,13-14,23H,11-12H2,1-3H3/t13?,14-/m0/s1. The Balaban J connectivity index is 1.63. The van der Waals surface area contributed by atoms with Crippen LogP contribution in [0.4, 0.5) is 0 Å². The van der Waals surface area contributed by atoms with E-state index >= 15 is 0 Å². The van der Waals surface area contributed by atoms with Gasteiger partial charge in [0.05, 0.1) is 10.0 Å². The van der Waals surface area contributed by atoms with Crippen molar-refractivity contribution in [1.82, 2.24) is 5.32 Å². The Labute approximate surface area is 159 Å². The first-order chi connectivity index (χ1) is 11.8. The van der Waals surface area contributed by atoms with Crippen molar-refractivity contribution in [3.63, 3.8) is 0 Å². The first kappa shape index (κ1) is 18.4. The van der Waals surface area contributed by atoms with Crippen molar-refractivity contribution in [1.29, 1.82) is 0 Å². The van der Waals surface area contributed by atoms with Gasteiger partial charge in [0.2, 0.25) is 0 Å². The van der Waals surface area contributed by atoms with Crippen LogP contribution in [0.25, 0.3) is 0 Å². The van der Waals surface area contributed by atoms with E-state index in [2.05, 4.69) is 31.3 Å². The summed E-state index contributed by atoms with van der Waals surface area (Å²) in [6, 6.07) is 13.5. The molecule has 1 aliphatic heterocycles. The van der Waals surface area contributed by atoms with Gasteiger partial charge < -0.3 is 9.47 Å². The SMILES string of the molecule is CC(NC[C@@H]1CC(C)(C)Oc2ccccc21)Oc1ccc(Cl)c(Cl)c1. The van der Waals surface area contributed by atoms with Gasteiger partial charge in [0.1, 0.15) is 23.3 Å². The number of ether oxygens (including phenoxy) is 2. The minimum absolute atomic E-state index is 0.143. The van der Waals surface area contributed by atoms with Gasteiger partial charge in [-0.2, -0.15) is 0 Å². The zero-order valence-corrected chi connectivity index (χ0v) is 16.2. The monoisotopic (exact) mass is 379 g/mol. The van der Waals surface area contributed by atoms with E-state index in [9.17, 15) is 0 Å². The topological polar surface area (TPSA) is 30.5 Å². The summed E-state index contributed by atoms with van der Waals surface area (Å²) >= 11 is 12.0. The minimum atomic E-state index is -0.172. The van der Waals surface area contributed by atoms with Crippen LogP contribution in [0, 0.1) is 0 Å². The summed E-state index contributed by atoms with van der Waals surface area (Å²) in [7, 11) is 0. The Bertz CT molecular complexity index is 748. The molecule has 0 saturated carbocycles. The predicted molar refractivity (Wildman–Crippen MR) is 103 cm³/mol. The first-order valence-corrected chi connectivity index (χ1v) is 9.23. The van der Waals surface area contributed by atoms with Crippen LogP contribution < -0.4 is 14.8 Å². The molecule has 0 aliphatic carbocycles. The lowest BCUT2D eigenvalue weighted by molar-refractivity contribution is 0.0684. The maximum atomic E-state index is 6.09. The van der Waals surface area contributed by atoms with E-state index in [1.54, 1.807) is 12.1 Å². The van der Waals surface area contributed by atoms with E-state index in [0.29, 0.717) is 21.7 Å². The van der Waals surface area contributed by atoms with Gasteiger partial charge in [-0.15, -0.1) is 0 Å². The molecule has 0 bridgehead atoms.